The average molecular weight is 275 g/mol. The monoisotopic (exact) mass is 275 g/mol. The topological polar surface area (TPSA) is 91.2 Å². The zero-order valence-corrected chi connectivity index (χ0v) is 11.6. The zero-order chi connectivity index (χ0) is 14.1. The van der Waals surface area contributed by atoms with Crippen molar-refractivity contribution in [2.24, 2.45) is 11.5 Å². The largest absolute Gasteiger partial charge is 0.472 e. The molecule has 20 heavy (non-hydrogen) atoms. The highest BCUT2D eigenvalue weighted by molar-refractivity contribution is 5.95. The van der Waals surface area contributed by atoms with Crippen molar-refractivity contribution < 1.29 is 9.53 Å². The van der Waals surface area contributed by atoms with E-state index in [4.69, 9.17) is 16.2 Å². The fourth-order valence-corrected chi connectivity index (χ4v) is 3.13. The number of aromatic nitrogens is 1. The van der Waals surface area contributed by atoms with Crippen LogP contribution in [0.1, 0.15) is 53.7 Å². The van der Waals surface area contributed by atoms with Crippen LogP contribution in [0.3, 0.4) is 0 Å². The van der Waals surface area contributed by atoms with Gasteiger partial charge in [-0.15, -0.1) is 0 Å². The highest BCUT2D eigenvalue weighted by Gasteiger charge is 2.28. The van der Waals surface area contributed by atoms with Crippen LogP contribution in [0.4, 0.5) is 0 Å². The molecule has 0 aromatic carbocycles. The molecule has 0 aliphatic heterocycles. The number of rotatable bonds is 3. The van der Waals surface area contributed by atoms with E-state index in [-0.39, 0.29) is 12.1 Å². The number of nitrogens with zero attached hydrogens (tertiary/aromatic N) is 1. The van der Waals surface area contributed by atoms with Gasteiger partial charge in [-0.05, 0) is 56.6 Å². The predicted octanol–water partition coefficient (Wildman–Crippen LogP) is 1.32. The van der Waals surface area contributed by atoms with Gasteiger partial charge in [0.05, 0.1) is 0 Å². The van der Waals surface area contributed by atoms with Crippen LogP contribution in [-0.2, 0) is 12.8 Å². The first-order valence-electron chi connectivity index (χ1n) is 7.40. The molecule has 1 amide bonds. The lowest BCUT2D eigenvalue weighted by molar-refractivity contribution is 0.0989. The van der Waals surface area contributed by atoms with E-state index in [1.807, 2.05) is 6.07 Å². The molecule has 4 N–H and O–H groups in total. The van der Waals surface area contributed by atoms with Crippen molar-refractivity contribution in [1.82, 2.24) is 4.98 Å². The van der Waals surface area contributed by atoms with E-state index >= 15 is 0 Å². The summed E-state index contributed by atoms with van der Waals surface area (Å²) in [6.45, 7) is 0. The Kier molecular flexibility index (Phi) is 3.61. The van der Waals surface area contributed by atoms with Gasteiger partial charge in [-0.3, -0.25) is 4.79 Å². The van der Waals surface area contributed by atoms with Crippen LogP contribution in [0.15, 0.2) is 6.07 Å². The Morgan fingerprint density at radius 3 is 2.75 bits per heavy atom. The van der Waals surface area contributed by atoms with Crippen molar-refractivity contribution in [3.05, 3.63) is 22.9 Å². The van der Waals surface area contributed by atoms with Crippen molar-refractivity contribution in [3.63, 3.8) is 0 Å². The van der Waals surface area contributed by atoms with Crippen molar-refractivity contribution in [3.8, 4) is 5.88 Å². The van der Waals surface area contributed by atoms with Crippen LogP contribution in [0.5, 0.6) is 5.88 Å². The molecule has 2 aliphatic carbocycles. The molecule has 1 aromatic heterocycles. The first-order chi connectivity index (χ1) is 9.65. The summed E-state index contributed by atoms with van der Waals surface area (Å²) in [5.41, 5.74) is 14.1. The Labute approximate surface area is 118 Å². The molecule has 2 aliphatic rings. The third-order valence-corrected chi connectivity index (χ3v) is 4.30. The number of pyridine rings is 1. The molecule has 1 fully saturated rings. The van der Waals surface area contributed by atoms with E-state index in [1.165, 1.54) is 0 Å². The number of carbonyl (C=O) groups excluding carboxylic acids is 1. The van der Waals surface area contributed by atoms with Gasteiger partial charge >= 0.3 is 0 Å². The van der Waals surface area contributed by atoms with Gasteiger partial charge in [0.1, 0.15) is 11.7 Å². The van der Waals surface area contributed by atoms with E-state index in [9.17, 15) is 4.79 Å². The minimum atomic E-state index is -0.479. The maximum absolute atomic E-state index is 11.6. The van der Waals surface area contributed by atoms with E-state index < -0.39 is 5.91 Å². The van der Waals surface area contributed by atoms with Gasteiger partial charge in [0, 0.05) is 11.7 Å². The molecule has 1 saturated carbocycles. The quantitative estimate of drug-likeness (QED) is 0.870. The molecule has 0 bridgehead atoms. The number of nitrogens with two attached hydrogens (primary N) is 2. The maximum atomic E-state index is 11.6. The van der Waals surface area contributed by atoms with Gasteiger partial charge in [-0.2, -0.15) is 0 Å². The summed E-state index contributed by atoms with van der Waals surface area (Å²) in [5, 5.41) is 0. The minimum absolute atomic E-state index is 0.0218. The highest BCUT2D eigenvalue weighted by Crippen LogP contribution is 2.29. The van der Waals surface area contributed by atoms with Crippen LogP contribution in [0.2, 0.25) is 0 Å². The van der Waals surface area contributed by atoms with Gasteiger partial charge in [0.15, 0.2) is 0 Å². The third kappa shape index (κ3) is 2.50. The Morgan fingerprint density at radius 1 is 1.25 bits per heavy atom. The van der Waals surface area contributed by atoms with Crippen molar-refractivity contribution >= 4 is 5.91 Å². The van der Waals surface area contributed by atoms with Crippen molar-refractivity contribution in [2.45, 2.75) is 57.1 Å². The summed E-state index contributed by atoms with van der Waals surface area (Å²) in [5.74, 6) is -0.104. The smallest absolute Gasteiger partial charge is 0.254 e. The SMILES string of the molecule is NC(=O)c1cc2c(nc1OC1CCCC1N)CCCC2. The molecule has 2 atom stereocenters. The number of carbonyl (C=O) groups is 1. The van der Waals surface area contributed by atoms with Crippen LogP contribution in [0.25, 0.3) is 0 Å². The van der Waals surface area contributed by atoms with Crippen LogP contribution < -0.4 is 16.2 Å². The Bertz CT molecular complexity index is 530. The number of amides is 1. The standard InChI is InChI=1S/C15H21N3O2/c16-11-5-3-7-13(11)20-15-10(14(17)19)8-9-4-1-2-6-12(9)18-15/h8,11,13H,1-7,16H2,(H2,17,19). The molecule has 5 heteroatoms. The number of hydrogen-bond acceptors (Lipinski definition) is 4. The molecule has 2 unspecified atom stereocenters. The Balaban J connectivity index is 1.93. The average Bonchev–Trinajstić information content (AvgIpc) is 2.83. The Hall–Kier alpha value is -1.62. The Morgan fingerprint density at radius 2 is 2.05 bits per heavy atom. The summed E-state index contributed by atoms with van der Waals surface area (Å²) >= 11 is 0. The number of aryl methyl sites for hydroxylation is 2. The van der Waals surface area contributed by atoms with E-state index in [2.05, 4.69) is 4.98 Å². The molecule has 108 valence electrons. The van der Waals surface area contributed by atoms with E-state index in [1.54, 1.807) is 0 Å². The number of fused-ring (bicyclic) bond motifs is 1. The van der Waals surface area contributed by atoms with Crippen molar-refractivity contribution in [2.75, 3.05) is 0 Å². The summed E-state index contributed by atoms with van der Waals surface area (Å²) in [7, 11) is 0. The summed E-state index contributed by atoms with van der Waals surface area (Å²) in [4.78, 5) is 16.2. The number of ether oxygens (including phenoxy) is 1. The zero-order valence-electron chi connectivity index (χ0n) is 11.6. The maximum Gasteiger partial charge on any atom is 0.254 e. The normalized spacial score (nSPS) is 25.2. The van der Waals surface area contributed by atoms with Gasteiger partial charge in [0.25, 0.3) is 5.91 Å². The summed E-state index contributed by atoms with van der Waals surface area (Å²) < 4.78 is 5.91. The van der Waals surface area contributed by atoms with Crippen molar-refractivity contribution in [1.29, 1.82) is 0 Å². The molecule has 0 spiro atoms. The minimum Gasteiger partial charge on any atom is -0.472 e. The summed E-state index contributed by atoms with van der Waals surface area (Å²) in [6.07, 6.45) is 7.07. The van der Waals surface area contributed by atoms with E-state index in [0.29, 0.717) is 11.4 Å². The number of primary amides is 1. The van der Waals surface area contributed by atoms with Gasteiger partial charge in [-0.25, -0.2) is 4.98 Å². The third-order valence-electron chi connectivity index (χ3n) is 4.30. The lowest BCUT2D eigenvalue weighted by atomic mass is 9.95. The van der Waals surface area contributed by atoms with Gasteiger partial charge < -0.3 is 16.2 Å². The van der Waals surface area contributed by atoms with Crippen LogP contribution >= 0.6 is 0 Å². The second-order valence-corrected chi connectivity index (χ2v) is 5.77. The van der Waals surface area contributed by atoms with E-state index in [0.717, 1.165) is 56.2 Å². The van der Waals surface area contributed by atoms with Gasteiger partial charge in [0.2, 0.25) is 5.88 Å². The fraction of sp³-hybridized carbons (Fsp3) is 0.600. The molecule has 3 rings (SSSR count). The second-order valence-electron chi connectivity index (χ2n) is 5.77. The number of hydrogen-bond donors (Lipinski definition) is 2. The molecule has 0 radical (unpaired) electrons. The summed E-state index contributed by atoms with van der Waals surface area (Å²) in [6, 6.07) is 1.88. The van der Waals surface area contributed by atoms with Gasteiger partial charge in [-0.1, -0.05) is 0 Å². The molecule has 1 aromatic rings. The van der Waals surface area contributed by atoms with Crippen LogP contribution in [-0.4, -0.2) is 23.0 Å². The molecule has 0 saturated heterocycles. The fourth-order valence-electron chi connectivity index (χ4n) is 3.13. The first-order valence-corrected chi connectivity index (χ1v) is 7.40. The lowest BCUT2D eigenvalue weighted by Crippen LogP contribution is -2.34. The second kappa shape index (κ2) is 5.40. The highest BCUT2D eigenvalue weighted by atomic mass is 16.5. The molecule has 1 heterocycles. The molecule has 5 nitrogen and oxygen atoms in total. The lowest BCUT2D eigenvalue weighted by Gasteiger charge is -2.21. The molecular formula is C15H21N3O2. The van der Waals surface area contributed by atoms with Crippen LogP contribution in [0, 0.1) is 0 Å². The first kappa shape index (κ1) is 13.4. The predicted molar refractivity (Wildman–Crippen MR) is 75.6 cm³/mol. The molecular weight excluding hydrogens is 254 g/mol.